The van der Waals surface area contributed by atoms with Crippen molar-refractivity contribution >= 4 is 29.9 Å². The first-order valence-corrected chi connectivity index (χ1v) is 8.34. The number of ether oxygens (including phenoxy) is 1. The number of halogens is 1. The van der Waals surface area contributed by atoms with E-state index in [1.165, 1.54) is 0 Å². The molecule has 0 spiro atoms. The lowest BCUT2D eigenvalue weighted by Crippen LogP contribution is -2.42. The third-order valence-electron chi connectivity index (χ3n) is 3.16. The lowest BCUT2D eigenvalue weighted by molar-refractivity contribution is 0.281. The summed E-state index contributed by atoms with van der Waals surface area (Å²) >= 11 is 0. The Kier molecular flexibility index (Phi) is 11.8. The molecular formula is C18H33IN4O. The van der Waals surface area contributed by atoms with Crippen LogP contribution in [0.25, 0.3) is 0 Å². The Morgan fingerprint density at radius 1 is 1.21 bits per heavy atom. The molecule has 0 aliphatic carbocycles. The molecule has 0 atom stereocenters. The molecule has 6 heteroatoms. The maximum absolute atomic E-state index is 5.74. The van der Waals surface area contributed by atoms with Gasteiger partial charge in [0.25, 0.3) is 0 Å². The van der Waals surface area contributed by atoms with Crippen molar-refractivity contribution < 1.29 is 4.74 Å². The van der Waals surface area contributed by atoms with Crippen molar-refractivity contribution in [2.75, 3.05) is 39.8 Å². The number of nitrogens with one attached hydrogen (secondary N) is 2. The molecule has 1 aromatic carbocycles. The van der Waals surface area contributed by atoms with Crippen LogP contribution in [-0.4, -0.2) is 56.2 Å². The SMILES string of the molecule is CCNC(=NCCNC(C)(C)C)N(C)CCOc1ccccc1.I. The number of aliphatic imine (C=N–C) groups is 1. The van der Waals surface area contributed by atoms with Gasteiger partial charge in [0, 0.05) is 25.7 Å². The van der Waals surface area contributed by atoms with Gasteiger partial charge >= 0.3 is 0 Å². The third kappa shape index (κ3) is 10.7. The summed E-state index contributed by atoms with van der Waals surface area (Å²) in [5, 5.41) is 6.77. The highest BCUT2D eigenvalue weighted by atomic mass is 127. The van der Waals surface area contributed by atoms with Gasteiger partial charge < -0.3 is 20.3 Å². The van der Waals surface area contributed by atoms with Crippen LogP contribution in [-0.2, 0) is 0 Å². The van der Waals surface area contributed by atoms with Crippen LogP contribution in [0.1, 0.15) is 27.7 Å². The van der Waals surface area contributed by atoms with E-state index in [2.05, 4.69) is 48.2 Å². The number of hydrogen-bond acceptors (Lipinski definition) is 3. The van der Waals surface area contributed by atoms with E-state index in [0.717, 1.165) is 37.9 Å². The van der Waals surface area contributed by atoms with Gasteiger partial charge in [0.2, 0.25) is 0 Å². The van der Waals surface area contributed by atoms with Crippen LogP contribution in [0.3, 0.4) is 0 Å². The molecule has 138 valence electrons. The molecule has 0 fully saturated rings. The van der Waals surface area contributed by atoms with Gasteiger partial charge in [-0.3, -0.25) is 4.99 Å². The van der Waals surface area contributed by atoms with Crippen molar-refractivity contribution in [2.45, 2.75) is 33.2 Å². The number of para-hydroxylation sites is 1. The van der Waals surface area contributed by atoms with Gasteiger partial charge in [-0.05, 0) is 39.8 Å². The summed E-state index contributed by atoms with van der Waals surface area (Å²) in [6.07, 6.45) is 0. The number of hydrogen-bond donors (Lipinski definition) is 2. The van der Waals surface area contributed by atoms with Gasteiger partial charge in [-0.2, -0.15) is 0 Å². The molecule has 0 saturated carbocycles. The molecule has 0 aromatic heterocycles. The van der Waals surface area contributed by atoms with Gasteiger partial charge in [0.15, 0.2) is 5.96 Å². The second-order valence-corrected chi connectivity index (χ2v) is 6.50. The predicted octanol–water partition coefficient (Wildman–Crippen LogP) is 2.97. The fraction of sp³-hybridized carbons (Fsp3) is 0.611. The van der Waals surface area contributed by atoms with Crippen LogP contribution < -0.4 is 15.4 Å². The molecule has 0 heterocycles. The topological polar surface area (TPSA) is 48.9 Å². The molecule has 2 N–H and O–H groups in total. The molecule has 0 bridgehead atoms. The Bertz CT molecular complexity index is 460. The predicted molar refractivity (Wildman–Crippen MR) is 114 cm³/mol. The highest BCUT2D eigenvalue weighted by Gasteiger charge is 2.08. The molecule has 24 heavy (non-hydrogen) atoms. The van der Waals surface area contributed by atoms with E-state index >= 15 is 0 Å². The number of guanidine groups is 1. The van der Waals surface area contributed by atoms with Gasteiger partial charge in [-0.1, -0.05) is 18.2 Å². The van der Waals surface area contributed by atoms with E-state index in [1.807, 2.05) is 37.4 Å². The monoisotopic (exact) mass is 448 g/mol. The Balaban J connectivity index is 0.00000529. The molecule has 0 unspecified atom stereocenters. The summed E-state index contributed by atoms with van der Waals surface area (Å²) < 4.78 is 5.74. The third-order valence-corrected chi connectivity index (χ3v) is 3.16. The van der Waals surface area contributed by atoms with Crippen molar-refractivity contribution in [1.29, 1.82) is 0 Å². The summed E-state index contributed by atoms with van der Waals surface area (Å²) in [5.74, 6) is 1.82. The van der Waals surface area contributed by atoms with Crippen LogP contribution in [0.2, 0.25) is 0 Å². The van der Waals surface area contributed by atoms with Gasteiger partial charge in [0.1, 0.15) is 12.4 Å². The van der Waals surface area contributed by atoms with Crippen molar-refractivity contribution in [3.63, 3.8) is 0 Å². The zero-order valence-electron chi connectivity index (χ0n) is 15.6. The minimum Gasteiger partial charge on any atom is -0.492 e. The first kappa shape index (κ1) is 23.0. The Labute approximate surface area is 164 Å². The summed E-state index contributed by atoms with van der Waals surface area (Å²) in [6.45, 7) is 12.5. The molecule has 0 aliphatic heterocycles. The van der Waals surface area contributed by atoms with Crippen molar-refractivity contribution in [3.05, 3.63) is 30.3 Å². The number of likely N-dealkylation sites (N-methyl/N-ethyl adjacent to an activating group) is 1. The maximum atomic E-state index is 5.74. The fourth-order valence-electron chi connectivity index (χ4n) is 1.99. The second kappa shape index (κ2) is 12.4. The first-order chi connectivity index (χ1) is 10.9. The van der Waals surface area contributed by atoms with Gasteiger partial charge in [-0.25, -0.2) is 0 Å². The quantitative estimate of drug-likeness (QED) is 0.278. The molecular weight excluding hydrogens is 415 g/mol. The lowest BCUT2D eigenvalue weighted by atomic mass is 10.1. The van der Waals surface area contributed by atoms with Crippen LogP contribution >= 0.6 is 24.0 Å². The minimum absolute atomic E-state index is 0. The zero-order chi connectivity index (χ0) is 17.1. The first-order valence-electron chi connectivity index (χ1n) is 8.34. The van der Waals surface area contributed by atoms with Crippen molar-refractivity contribution in [2.24, 2.45) is 4.99 Å². The van der Waals surface area contributed by atoms with Crippen LogP contribution in [0.15, 0.2) is 35.3 Å². The van der Waals surface area contributed by atoms with Gasteiger partial charge in [0.05, 0.1) is 13.1 Å². The molecule has 0 radical (unpaired) electrons. The Morgan fingerprint density at radius 2 is 1.88 bits per heavy atom. The average molecular weight is 448 g/mol. The number of rotatable bonds is 8. The highest BCUT2D eigenvalue weighted by molar-refractivity contribution is 14.0. The average Bonchev–Trinajstić information content (AvgIpc) is 2.50. The molecule has 1 aromatic rings. The number of nitrogens with zero attached hydrogens (tertiary/aromatic N) is 2. The molecule has 1 rings (SSSR count). The van der Waals surface area contributed by atoms with Crippen molar-refractivity contribution in [1.82, 2.24) is 15.5 Å². The summed E-state index contributed by atoms with van der Waals surface area (Å²) in [6, 6.07) is 9.88. The van der Waals surface area contributed by atoms with Crippen LogP contribution in [0.5, 0.6) is 5.75 Å². The van der Waals surface area contributed by atoms with Gasteiger partial charge in [-0.15, -0.1) is 24.0 Å². The normalized spacial score (nSPS) is 11.6. The van der Waals surface area contributed by atoms with E-state index in [4.69, 9.17) is 4.74 Å². The Hall–Kier alpha value is -1.02. The standard InChI is InChI=1S/C18H32N4O.HI/c1-6-19-17(20-12-13-21-18(2,3)4)22(5)14-15-23-16-10-8-7-9-11-16;/h7-11,21H,6,12-15H2,1-5H3,(H,19,20);1H. The molecule has 0 aliphatic rings. The second-order valence-electron chi connectivity index (χ2n) is 6.50. The van der Waals surface area contributed by atoms with Crippen LogP contribution in [0.4, 0.5) is 0 Å². The Morgan fingerprint density at radius 3 is 2.46 bits per heavy atom. The molecule has 0 amide bonds. The van der Waals surface area contributed by atoms with E-state index < -0.39 is 0 Å². The lowest BCUT2D eigenvalue weighted by Gasteiger charge is -2.23. The van der Waals surface area contributed by atoms with E-state index in [-0.39, 0.29) is 29.5 Å². The molecule has 0 saturated heterocycles. The van der Waals surface area contributed by atoms with Crippen LogP contribution in [0, 0.1) is 0 Å². The van der Waals surface area contributed by atoms with Crippen molar-refractivity contribution in [3.8, 4) is 5.75 Å². The van der Waals surface area contributed by atoms with E-state index in [1.54, 1.807) is 0 Å². The van der Waals surface area contributed by atoms with E-state index in [0.29, 0.717) is 6.61 Å². The zero-order valence-corrected chi connectivity index (χ0v) is 18.0. The fourth-order valence-corrected chi connectivity index (χ4v) is 1.99. The summed E-state index contributed by atoms with van der Waals surface area (Å²) in [4.78, 5) is 6.76. The summed E-state index contributed by atoms with van der Waals surface area (Å²) in [7, 11) is 2.03. The molecule has 5 nitrogen and oxygen atoms in total. The maximum Gasteiger partial charge on any atom is 0.193 e. The smallest absolute Gasteiger partial charge is 0.193 e. The highest BCUT2D eigenvalue weighted by Crippen LogP contribution is 2.07. The largest absolute Gasteiger partial charge is 0.492 e. The minimum atomic E-state index is 0. The summed E-state index contributed by atoms with van der Waals surface area (Å²) in [5.41, 5.74) is 0.128. The van der Waals surface area contributed by atoms with E-state index in [9.17, 15) is 0 Å². The number of benzene rings is 1.